The molecule has 0 spiro atoms. The van der Waals surface area contributed by atoms with E-state index in [-0.39, 0.29) is 11.2 Å². The van der Waals surface area contributed by atoms with E-state index >= 15 is 0 Å². The van der Waals surface area contributed by atoms with E-state index in [1.165, 1.54) is 18.2 Å². The first-order chi connectivity index (χ1) is 13.6. The first kappa shape index (κ1) is 20.5. The van der Waals surface area contributed by atoms with Crippen LogP contribution in [0.25, 0.3) is 11.5 Å². The average Bonchev–Trinajstić information content (AvgIpc) is 3.20. The Labute approximate surface area is 169 Å². The molecule has 8 heteroatoms. The topological polar surface area (TPSA) is 77.7 Å². The summed E-state index contributed by atoms with van der Waals surface area (Å²) in [5, 5.41) is 8.32. The molecule has 1 amide bonds. The van der Waals surface area contributed by atoms with Crippen LogP contribution in [0.15, 0.2) is 27.8 Å². The number of aromatic nitrogens is 2. The Morgan fingerprint density at radius 3 is 2.86 bits per heavy atom. The lowest BCUT2D eigenvalue weighted by molar-refractivity contribution is -0.134. The molecule has 0 radical (unpaired) electrons. The summed E-state index contributed by atoms with van der Waals surface area (Å²) in [5.74, 6) is 1.76. The molecule has 0 N–H and O–H groups in total. The third-order valence-corrected chi connectivity index (χ3v) is 5.97. The Hall–Kier alpha value is -2.22. The van der Waals surface area contributed by atoms with Gasteiger partial charge in [0.25, 0.3) is 11.1 Å². The van der Waals surface area contributed by atoms with Crippen molar-refractivity contribution in [3.63, 3.8) is 0 Å². The Kier molecular flexibility index (Phi) is 6.83. The van der Waals surface area contributed by atoms with E-state index in [1.54, 1.807) is 20.3 Å². The number of ether oxygens (including phenoxy) is 2. The molecule has 0 bridgehead atoms. The Balaban J connectivity index is 1.71. The van der Waals surface area contributed by atoms with Gasteiger partial charge in [-0.1, -0.05) is 18.7 Å². The monoisotopic (exact) mass is 405 g/mol. The summed E-state index contributed by atoms with van der Waals surface area (Å²) in [7, 11) is 3.17. The summed E-state index contributed by atoms with van der Waals surface area (Å²) in [5.41, 5.74) is 0.684. The lowest BCUT2D eigenvalue weighted by atomic mass is 10.00. The van der Waals surface area contributed by atoms with Gasteiger partial charge in [0.1, 0.15) is 11.5 Å². The molecule has 152 valence electrons. The number of methoxy groups -OCH3 is 2. The number of thioether (sulfide) groups is 1. The van der Waals surface area contributed by atoms with Crippen molar-refractivity contribution < 1.29 is 18.7 Å². The van der Waals surface area contributed by atoms with E-state index in [0.29, 0.717) is 34.2 Å². The highest BCUT2D eigenvalue weighted by Gasteiger charge is 2.30. The fourth-order valence-electron chi connectivity index (χ4n) is 3.49. The lowest BCUT2D eigenvalue weighted by Crippen LogP contribution is -2.46. The van der Waals surface area contributed by atoms with Crippen LogP contribution < -0.4 is 9.47 Å². The van der Waals surface area contributed by atoms with Gasteiger partial charge in [-0.25, -0.2) is 0 Å². The Morgan fingerprint density at radius 2 is 2.14 bits per heavy atom. The van der Waals surface area contributed by atoms with Crippen LogP contribution in [-0.4, -0.2) is 53.1 Å². The molecule has 1 aliphatic heterocycles. The van der Waals surface area contributed by atoms with Gasteiger partial charge in [0, 0.05) is 18.7 Å². The lowest BCUT2D eigenvalue weighted by Gasteiger charge is -2.36. The van der Waals surface area contributed by atoms with Crippen molar-refractivity contribution in [2.75, 3.05) is 20.8 Å². The van der Waals surface area contributed by atoms with Crippen LogP contribution in [0.5, 0.6) is 11.5 Å². The highest BCUT2D eigenvalue weighted by Crippen LogP contribution is 2.34. The number of nitrogens with zero attached hydrogens (tertiary/aromatic N) is 3. The largest absolute Gasteiger partial charge is 0.497 e. The minimum atomic E-state index is -0.279. The first-order valence-electron chi connectivity index (χ1n) is 9.60. The van der Waals surface area contributed by atoms with Gasteiger partial charge in [-0.3, -0.25) is 4.79 Å². The number of likely N-dealkylation sites (tertiary alicyclic amines) is 1. The van der Waals surface area contributed by atoms with Crippen molar-refractivity contribution in [2.45, 2.75) is 56.0 Å². The van der Waals surface area contributed by atoms with Gasteiger partial charge in [0.05, 0.1) is 25.0 Å². The van der Waals surface area contributed by atoms with Crippen molar-refractivity contribution in [3.8, 4) is 23.0 Å². The van der Waals surface area contributed by atoms with Gasteiger partial charge in [0.15, 0.2) is 0 Å². The molecule has 28 heavy (non-hydrogen) atoms. The van der Waals surface area contributed by atoms with E-state index in [2.05, 4.69) is 17.1 Å². The number of rotatable bonds is 7. The zero-order valence-electron chi connectivity index (χ0n) is 16.8. The zero-order valence-corrected chi connectivity index (χ0v) is 17.6. The Bertz CT molecular complexity index is 810. The van der Waals surface area contributed by atoms with Crippen LogP contribution >= 0.6 is 11.8 Å². The molecular weight excluding hydrogens is 378 g/mol. The summed E-state index contributed by atoms with van der Waals surface area (Å²) in [4.78, 5) is 14.9. The molecule has 2 aromatic rings. The number of benzene rings is 1. The van der Waals surface area contributed by atoms with Crippen molar-refractivity contribution in [3.05, 3.63) is 18.2 Å². The average molecular weight is 406 g/mol. The van der Waals surface area contributed by atoms with Crippen LogP contribution in [0, 0.1) is 0 Å². The van der Waals surface area contributed by atoms with Crippen molar-refractivity contribution >= 4 is 17.7 Å². The summed E-state index contributed by atoms with van der Waals surface area (Å²) in [6.45, 7) is 4.87. The molecule has 2 atom stereocenters. The van der Waals surface area contributed by atoms with Crippen molar-refractivity contribution in [1.82, 2.24) is 15.1 Å². The molecule has 0 aliphatic carbocycles. The maximum Gasteiger partial charge on any atom is 0.277 e. The third-order valence-electron chi connectivity index (χ3n) is 5.05. The summed E-state index contributed by atoms with van der Waals surface area (Å²) >= 11 is 1.30. The fraction of sp³-hybridized carbons (Fsp3) is 0.550. The van der Waals surface area contributed by atoms with Gasteiger partial charge < -0.3 is 18.8 Å². The van der Waals surface area contributed by atoms with Gasteiger partial charge in [-0.15, -0.1) is 10.2 Å². The predicted molar refractivity (Wildman–Crippen MR) is 108 cm³/mol. The molecule has 0 unspecified atom stereocenters. The summed E-state index contributed by atoms with van der Waals surface area (Å²) in [6, 6.07) is 5.72. The van der Waals surface area contributed by atoms with Crippen LogP contribution in [0.1, 0.15) is 39.5 Å². The van der Waals surface area contributed by atoms with Crippen molar-refractivity contribution in [2.24, 2.45) is 0 Å². The smallest absolute Gasteiger partial charge is 0.277 e. The molecule has 0 saturated carbocycles. The molecule has 1 aromatic carbocycles. The highest BCUT2D eigenvalue weighted by molar-refractivity contribution is 8.00. The summed E-state index contributed by atoms with van der Waals surface area (Å²) in [6.07, 6.45) is 4.34. The number of hydrogen-bond acceptors (Lipinski definition) is 7. The molecule has 3 rings (SSSR count). The molecule has 1 aliphatic rings. The normalized spacial score (nSPS) is 18.0. The van der Waals surface area contributed by atoms with Gasteiger partial charge in [0.2, 0.25) is 5.91 Å². The maximum atomic E-state index is 12.9. The zero-order chi connectivity index (χ0) is 20.1. The van der Waals surface area contributed by atoms with Crippen LogP contribution in [-0.2, 0) is 4.79 Å². The van der Waals surface area contributed by atoms with E-state index < -0.39 is 0 Å². The highest BCUT2D eigenvalue weighted by atomic mass is 32.2. The number of hydrogen-bond donors (Lipinski definition) is 0. The second kappa shape index (κ2) is 9.32. The molecule has 1 saturated heterocycles. The van der Waals surface area contributed by atoms with E-state index in [1.807, 2.05) is 24.0 Å². The molecule has 2 heterocycles. The second-order valence-corrected chi connectivity index (χ2v) is 8.08. The molecular formula is C20H27N3O4S. The van der Waals surface area contributed by atoms with Gasteiger partial charge in [-0.2, -0.15) is 0 Å². The number of piperidine rings is 1. The minimum absolute atomic E-state index is 0.137. The first-order valence-corrected chi connectivity index (χ1v) is 10.5. The standard InChI is InChI=1S/C20H27N3O4S/c1-5-14-8-6-7-11-23(14)19(24)13(2)28-20-22-21-18(27-20)16-10-9-15(25-3)12-17(16)26-4/h9-10,12-14H,5-8,11H2,1-4H3/t13-,14-/m1/s1. The summed E-state index contributed by atoms with van der Waals surface area (Å²) < 4.78 is 16.4. The quantitative estimate of drug-likeness (QED) is 0.644. The van der Waals surface area contributed by atoms with Crippen molar-refractivity contribution in [1.29, 1.82) is 0 Å². The van der Waals surface area contributed by atoms with Gasteiger partial charge in [-0.05, 0) is 44.7 Å². The van der Waals surface area contributed by atoms with Gasteiger partial charge >= 0.3 is 0 Å². The van der Waals surface area contributed by atoms with E-state index in [0.717, 1.165) is 25.8 Å². The van der Waals surface area contributed by atoms with Crippen LogP contribution in [0.3, 0.4) is 0 Å². The number of carbonyl (C=O) groups excluding carboxylic acids is 1. The maximum absolute atomic E-state index is 12.9. The SMILES string of the molecule is CC[C@@H]1CCCCN1C(=O)[C@@H](C)Sc1nnc(-c2ccc(OC)cc2OC)o1. The van der Waals surface area contributed by atoms with Crippen LogP contribution in [0.4, 0.5) is 0 Å². The van der Waals surface area contributed by atoms with Crippen LogP contribution in [0.2, 0.25) is 0 Å². The number of carbonyl (C=O) groups is 1. The molecule has 7 nitrogen and oxygen atoms in total. The minimum Gasteiger partial charge on any atom is -0.497 e. The predicted octanol–water partition coefficient (Wildman–Crippen LogP) is 4.03. The molecule has 1 fully saturated rings. The Morgan fingerprint density at radius 1 is 1.32 bits per heavy atom. The second-order valence-electron chi connectivity index (χ2n) is 6.79. The van der Waals surface area contributed by atoms with E-state index in [4.69, 9.17) is 13.9 Å². The van der Waals surface area contributed by atoms with E-state index in [9.17, 15) is 4.79 Å². The fourth-order valence-corrected chi connectivity index (χ4v) is 4.25. The molecule has 1 aromatic heterocycles. The number of amides is 1. The third kappa shape index (κ3) is 4.43.